The molecular weight excluding hydrogens is 194 g/mol. The van der Waals surface area contributed by atoms with Crippen molar-refractivity contribution in [1.82, 2.24) is 4.98 Å². The fourth-order valence-electron chi connectivity index (χ4n) is 1.67. The fraction of sp³-hybridized carbons (Fsp3) is 0.133. The zero-order valence-electron chi connectivity index (χ0n) is 9.64. The van der Waals surface area contributed by atoms with Crippen LogP contribution in [0.4, 0.5) is 0 Å². The van der Waals surface area contributed by atoms with Crippen molar-refractivity contribution in [1.29, 1.82) is 0 Å². The van der Waals surface area contributed by atoms with Gasteiger partial charge in [-0.15, -0.1) is 0 Å². The molecule has 1 nitrogen and oxygen atoms in total. The number of rotatable bonds is 2. The molecule has 1 heterocycles. The van der Waals surface area contributed by atoms with E-state index in [1.807, 2.05) is 18.3 Å². The van der Waals surface area contributed by atoms with Crippen LogP contribution < -0.4 is 0 Å². The van der Waals surface area contributed by atoms with Gasteiger partial charge in [0.05, 0.1) is 0 Å². The summed E-state index contributed by atoms with van der Waals surface area (Å²) in [7, 11) is 0. The van der Waals surface area contributed by atoms with Crippen LogP contribution in [0.2, 0.25) is 0 Å². The first-order chi connectivity index (χ1) is 7.75. The lowest BCUT2D eigenvalue weighted by Gasteiger charge is -2.01. The van der Waals surface area contributed by atoms with E-state index in [4.69, 9.17) is 0 Å². The minimum atomic E-state index is 1.13. The molecule has 0 aliphatic rings. The molecule has 0 N–H and O–H groups in total. The number of hydrogen-bond acceptors (Lipinski definition) is 1. The molecule has 2 aromatic rings. The maximum atomic E-state index is 4.08. The maximum Gasteiger partial charge on any atom is 0.0340 e. The molecule has 16 heavy (non-hydrogen) atoms. The summed E-state index contributed by atoms with van der Waals surface area (Å²) >= 11 is 0. The van der Waals surface area contributed by atoms with E-state index in [1.54, 1.807) is 6.20 Å². The van der Waals surface area contributed by atoms with Crippen LogP contribution in [-0.2, 0) is 0 Å². The molecule has 0 unspecified atom stereocenters. The van der Waals surface area contributed by atoms with E-state index in [-0.39, 0.29) is 0 Å². The van der Waals surface area contributed by atoms with E-state index in [0.717, 1.165) is 5.56 Å². The van der Waals surface area contributed by atoms with Crippen molar-refractivity contribution in [2.75, 3.05) is 0 Å². The van der Waals surface area contributed by atoms with E-state index in [0.29, 0.717) is 0 Å². The second-order valence-corrected chi connectivity index (χ2v) is 3.98. The number of pyridine rings is 1. The highest BCUT2D eigenvalue weighted by Gasteiger charge is 1.93. The van der Waals surface area contributed by atoms with Gasteiger partial charge in [-0.1, -0.05) is 42.0 Å². The summed E-state index contributed by atoms with van der Waals surface area (Å²) in [5, 5.41) is 0. The molecule has 1 heteroatoms. The summed E-state index contributed by atoms with van der Waals surface area (Å²) < 4.78 is 0. The molecule has 0 aliphatic heterocycles. The molecule has 0 radical (unpaired) electrons. The highest BCUT2D eigenvalue weighted by Crippen LogP contribution is 2.13. The molecule has 0 fully saturated rings. The summed E-state index contributed by atoms with van der Waals surface area (Å²) in [6, 6.07) is 10.5. The Labute approximate surface area is 96.5 Å². The normalized spacial score (nSPS) is 10.9. The Balaban J connectivity index is 2.24. The van der Waals surface area contributed by atoms with Crippen molar-refractivity contribution in [2.24, 2.45) is 0 Å². The zero-order chi connectivity index (χ0) is 11.4. The van der Waals surface area contributed by atoms with Crippen LogP contribution in [0.25, 0.3) is 12.2 Å². The molecule has 0 saturated heterocycles. The number of aryl methyl sites for hydroxylation is 2. The first-order valence-corrected chi connectivity index (χ1v) is 5.41. The maximum absolute atomic E-state index is 4.08. The second kappa shape index (κ2) is 4.75. The summed E-state index contributed by atoms with van der Waals surface area (Å²) in [5.74, 6) is 0. The highest BCUT2D eigenvalue weighted by molar-refractivity contribution is 5.70. The van der Waals surface area contributed by atoms with Gasteiger partial charge in [0, 0.05) is 12.4 Å². The van der Waals surface area contributed by atoms with Crippen LogP contribution in [0.15, 0.2) is 42.7 Å². The van der Waals surface area contributed by atoms with Gasteiger partial charge in [-0.2, -0.15) is 0 Å². The molecule has 80 valence electrons. The van der Waals surface area contributed by atoms with Crippen molar-refractivity contribution >= 4 is 12.2 Å². The van der Waals surface area contributed by atoms with Crippen molar-refractivity contribution in [3.8, 4) is 0 Å². The Morgan fingerprint density at radius 1 is 1.06 bits per heavy atom. The first kappa shape index (κ1) is 10.6. The third-order valence-corrected chi connectivity index (χ3v) is 2.57. The topological polar surface area (TPSA) is 12.9 Å². The van der Waals surface area contributed by atoms with Gasteiger partial charge in [-0.05, 0) is 36.6 Å². The molecule has 0 spiro atoms. The summed E-state index contributed by atoms with van der Waals surface area (Å²) in [4.78, 5) is 4.08. The molecule has 0 aliphatic carbocycles. The van der Waals surface area contributed by atoms with Gasteiger partial charge < -0.3 is 0 Å². The average molecular weight is 209 g/mol. The number of benzene rings is 1. The van der Waals surface area contributed by atoms with Crippen LogP contribution in [0.1, 0.15) is 22.3 Å². The predicted octanol–water partition coefficient (Wildman–Crippen LogP) is 3.87. The van der Waals surface area contributed by atoms with Crippen LogP contribution >= 0.6 is 0 Å². The van der Waals surface area contributed by atoms with Crippen molar-refractivity contribution < 1.29 is 0 Å². The Morgan fingerprint density at radius 3 is 2.62 bits per heavy atom. The van der Waals surface area contributed by atoms with E-state index in [2.05, 4.69) is 49.2 Å². The molecule has 1 aromatic carbocycles. The quantitative estimate of drug-likeness (QED) is 0.731. The molecule has 0 atom stereocenters. The average Bonchev–Trinajstić information content (AvgIpc) is 2.29. The summed E-state index contributed by atoms with van der Waals surface area (Å²) in [6.07, 6.45) is 7.87. The Morgan fingerprint density at radius 2 is 1.94 bits per heavy atom. The number of aromatic nitrogens is 1. The standard InChI is InChI=1S/C15H15N/c1-12-5-7-15(13(2)10-12)8-6-14-4-3-9-16-11-14/h3-11H,1-2H3/b8-6+. The lowest BCUT2D eigenvalue weighted by molar-refractivity contribution is 1.32. The third kappa shape index (κ3) is 2.57. The van der Waals surface area contributed by atoms with Crippen LogP contribution in [0, 0.1) is 13.8 Å². The monoisotopic (exact) mass is 209 g/mol. The van der Waals surface area contributed by atoms with Gasteiger partial charge >= 0.3 is 0 Å². The number of nitrogens with zero attached hydrogens (tertiary/aromatic N) is 1. The Bertz CT molecular complexity index is 498. The van der Waals surface area contributed by atoms with E-state index < -0.39 is 0 Å². The van der Waals surface area contributed by atoms with Crippen molar-refractivity contribution in [3.63, 3.8) is 0 Å². The largest absolute Gasteiger partial charge is 0.264 e. The molecular formula is C15H15N. The van der Waals surface area contributed by atoms with Crippen LogP contribution in [0.3, 0.4) is 0 Å². The van der Waals surface area contributed by atoms with Gasteiger partial charge in [0.25, 0.3) is 0 Å². The van der Waals surface area contributed by atoms with Gasteiger partial charge in [0.2, 0.25) is 0 Å². The highest BCUT2D eigenvalue weighted by atomic mass is 14.6. The molecule has 0 amide bonds. The van der Waals surface area contributed by atoms with Gasteiger partial charge in [-0.3, -0.25) is 4.98 Å². The second-order valence-electron chi connectivity index (χ2n) is 3.98. The smallest absolute Gasteiger partial charge is 0.0340 e. The fourth-order valence-corrected chi connectivity index (χ4v) is 1.67. The van der Waals surface area contributed by atoms with E-state index in [1.165, 1.54) is 16.7 Å². The van der Waals surface area contributed by atoms with Crippen molar-refractivity contribution in [3.05, 3.63) is 65.0 Å². The number of hydrogen-bond donors (Lipinski definition) is 0. The van der Waals surface area contributed by atoms with Gasteiger partial charge in [-0.25, -0.2) is 0 Å². The molecule has 2 rings (SSSR count). The Kier molecular flexibility index (Phi) is 3.16. The third-order valence-electron chi connectivity index (χ3n) is 2.57. The van der Waals surface area contributed by atoms with Gasteiger partial charge in [0.1, 0.15) is 0 Å². The molecule has 0 bridgehead atoms. The first-order valence-electron chi connectivity index (χ1n) is 5.41. The van der Waals surface area contributed by atoms with Crippen LogP contribution in [-0.4, -0.2) is 4.98 Å². The summed E-state index contributed by atoms with van der Waals surface area (Å²) in [6.45, 7) is 4.25. The van der Waals surface area contributed by atoms with Crippen LogP contribution in [0.5, 0.6) is 0 Å². The van der Waals surface area contributed by atoms with Gasteiger partial charge in [0.15, 0.2) is 0 Å². The zero-order valence-corrected chi connectivity index (χ0v) is 9.64. The lowest BCUT2D eigenvalue weighted by atomic mass is 10.0. The Hall–Kier alpha value is -1.89. The molecule has 0 saturated carbocycles. The molecule has 1 aromatic heterocycles. The minimum absolute atomic E-state index is 1.13. The summed E-state index contributed by atoms with van der Waals surface area (Å²) in [5.41, 5.74) is 4.99. The SMILES string of the molecule is Cc1ccc(/C=C/c2cccnc2)c(C)c1. The minimum Gasteiger partial charge on any atom is -0.264 e. The van der Waals surface area contributed by atoms with E-state index in [9.17, 15) is 0 Å². The van der Waals surface area contributed by atoms with E-state index >= 15 is 0 Å². The van der Waals surface area contributed by atoms with Crippen molar-refractivity contribution in [2.45, 2.75) is 13.8 Å². The predicted molar refractivity (Wildman–Crippen MR) is 69.1 cm³/mol. The lowest BCUT2D eigenvalue weighted by Crippen LogP contribution is -1.82.